The van der Waals surface area contributed by atoms with E-state index in [1.165, 1.54) is 0 Å². The average molecular weight is 180 g/mol. The number of aromatic nitrogens is 2. The first kappa shape index (κ1) is 8.19. The molecule has 0 fully saturated rings. The van der Waals surface area contributed by atoms with Gasteiger partial charge in [0.05, 0.1) is 12.4 Å². The summed E-state index contributed by atoms with van der Waals surface area (Å²) in [4.78, 5) is 5.27. The van der Waals surface area contributed by atoms with E-state index in [1.807, 2.05) is 4.98 Å². The first-order valence-corrected chi connectivity index (χ1v) is 3.02. The van der Waals surface area contributed by atoms with E-state index in [4.69, 9.17) is 0 Å². The Balaban J connectivity index is 3.16. The van der Waals surface area contributed by atoms with E-state index in [0.717, 1.165) is 6.20 Å². The maximum absolute atomic E-state index is 11.9. The minimum Gasteiger partial charge on any atom is -0.340 e. The van der Waals surface area contributed by atoms with Gasteiger partial charge in [0.1, 0.15) is 10.3 Å². The summed E-state index contributed by atoms with van der Waals surface area (Å²) >= 11 is 4.45. The number of nitrogens with zero attached hydrogens (tertiary/aromatic N) is 1. The molecular weight excluding hydrogens is 177 g/mol. The Labute approximate surface area is 65.1 Å². The molecule has 0 atom stereocenters. The average Bonchev–Trinajstić information content (AvgIpc) is 1.86. The second-order valence-corrected chi connectivity index (χ2v) is 2.25. The molecule has 60 valence electrons. The number of hydrogen-bond acceptors (Lipinski definition) is 2. The number of H-pyrrole nitrogens is 1. The summed E-state index contributed by atoms with van der Waals surface area (Å²) < 4.78 is 35.5. The van der Waals surface area contributed by atoms with E-state index in [1.54, 1.807) is 0 Å². The number of halogens is 3. The fourth-order valence-electron chi connectivity index (χ4n) is 0.521. The van der Waals surface area contributed by atoms with Crippen LogP contribution in [0.2, 0.25) is 0 Å². The number of aromatic amines is 1. The molecule has 0 spiro atoms. The minimum absolute atomic E-state index is 0.0279. The summed E-state index contributed by atoms with van der Waals surface area (Å²) in [6, 6.07) is 0. The van der Waals surface area contributed by atoms with Crippen molar-refractivity contribution >= 4 is 12.2 Å². The van der Waals surface area contributed by atoms with Gasteiger partial charge >= 0.3 is 6.18 Å². The number of hydrogen-bond donors (Lipinski definition) is 1. The molecule has 0 aromatic carbocycles. The van der Waals surface area contributed by atoms with E-state index in [0.29, 0.717) is 6.20 Å². The molecule has 0 radical (unpaired) electrons. The number of alkyl halides is 3. The lowest BCUT2D eigenvalue weighted by Crippen LogP contribution is -2.08. The molecule has 0 aliphatic carbocycles. The van der Waals surface area contributed by atoms with Crippen LogP contribution in [0.5, 0.6) is 0 Å². The molecule has 2 nitrogen and oxygen atoms in total. The molecule has 0 saturated heterocycles. The zero-order valence-corrected chi connectivity index (χ0v) is 5.96. The van der Waals surface area contributed by atoms with Gasteiger partial charge in [-0.05, 0) is 0 Å². The quantitative estimate of drug-likeness (QED) is 0.620. The van der Waals surface area contributed by atoms with Crippen LogP contribution in [0.25, 0.3) is 0 Å². The second kappa shape index (κ2) is 2.61. The van der Waals surface area contributed by atoms with Crippen LogP contribution in [0.15, 0.2) is 12.4 Å². The van der Waals surface area contributed by atoms with Crippen molar-refractivity contribution in [3.05, 3.63) is 22.7 Å². The van der Waals surface area contributed by atoms with Crippen LogP contribution in [-0.4, -0.2) is 9.97 Å². The normalized spacial score (nSPS) is 11.5. The lowest BCUT2D eigenvalue weighted by molar-refractivity contribution is -0.141. The van der Waals surface area contributed by atoms with Crippen LogP contribution >= 0.6 is 12.2 Å². The lowest BCUT2D eigenvalue weighted by Gasteiger charge is -2.03. The molecule has 0 aliphatic heterocycles. The van der Waals surface area contributed by atoms with Crippen molar-refractivity contribution in [2.24, 2.45) is 0 Å². The monoisotopic (exact) mass is 180 g/mol. The van der Waals surface area contributed by atoms with Gasteiger partial charge < -0.3 is 4.98 Å². The van der Waals surface area contributed by atoms with Crippen molar-refractivity contribution in [2.75, 3.05) is 0 Å². The molecule has 1 aromatic rings. The van der Waals surface area contributed by atoms with Gasteiger partial charge in [-0.1, -0.05) is 12.2 Å². The number of nitrogens with one attached hydrogen (secondary N) is 1. The molecule has 1 rings (SSSR count). The smallest absolute Gasteiger partial charge is 0.340 e. The Morgan fingerprint density at radius 1 is 1.36 bits per heavy atom. The van der Waals surface area contributed by atoms with Crippen molar-refractivity contribution in [1.29, 1.82) is 0 Å². The summed E-state index contributed by atoms with van der Waals surface area (Å²) in [5.41, 5.74) is -0.926. The highest BCUT2D eigenvalue weighted by atomic mass is 32.1. The van der Waals surface area contributed by atoms with Gasteiger partial charge in [0.15, 0.2) is 0 Å². The van der Waals surface area contributed by atoms with Crippen molar-refractivity contribution in [2.45, 2.75) is 6.18 Å². The zero-order chi connectivity index (χ0) is 8.48. The highest BCUT2D eigenvalue weighted by Gasteiger charge is 2.31. The molecule has 0 amide bonds. The molecule has 0 unspecified atom stereocenters. The van der Waals surface area contributed by atoms with E-state index in [2.05, 4.69) is 17.2 Å². The van der Waals surface area contributed by atoms with Gasteiger partial charge in [-0.15, -0.1) is 0 Å². The molecule has 0 saturated carbocycles. The Bertz CT molecular complexity index is 303. The van der Waals surface area contributed by atoms with E-state index in [9.17, 15) is 13.2 Å². The molecule has 1 heterocycles. The summed E-state index contributed by atoms with van der Waals surface area (Å²) in [5, 5.41) is 0. The molecule has 6 heteroatoms. The SMILES string of the molecule is FC(F)(F)c1cncc(=S)[nH]1. The topological polar surface area (TPSA) is 28.7 Å². The Morgan fingerprint density at radius 2 is 2.00 bits per heavy atom. The van der Waals surface area contributed by atoms with E-state index in [-0.39, 0.29) is 4.64 Å². The Morgan fingerprint density at radius 3 is 2.36 bits per heavy atom. The zero-order valence-electron chi connectivity index (χ0n) is 5.14. The van der Waals surface area contributed by atoms with Gasteiger partial charge in [0.25, 0.3) is 0 Å². The van der Waals surface area contributed by atoms with Crippen LogP contribution in [0.1, 0.15) is 5.69 Å². The van der Waals surface area contributed by atoms with Crippen molar-refractivity contribution < 1.29 is 13.2 Å². The molecule has 11 heavy (non-hydrogen) atoms. The van der Waals surface area contributed by atoms with Gasteiger partial charge in [0.2, 0.25) is 0 Å². The largest absolute Gasteiger partial charge is 0.432 e. The Hall–Kier alpha value is -0.910. The summed E-state index contributed by atoms with van der Waals surface area (Å²) in [6.07, 6.45) is -2.57. The molecule has 1 N–H and O–H groups in total. The Kier molecular flexibility index (Phi) is 1.95. The minimum atomic E-state index is -4.40. The fourth-order valence-corrected chi connectivity index (χ4v) is 0.692. The maximum Gasteiger partial charge on any atom is 0.432 e. The highest BCUT2D eigenvalue weighted by Crippen LogP contribution is 2.26. The first-order chi connectivity index (χ1) is 5.00. The highest BCUT2D eigenvalue weighted by molar-refractivity contribution is 7.71. The molecular formula is C5H3F3N2S. The van der Waals surface area contributed by atoms with Crippen molar-refractivity contribution in [1.82, 2.24) is 9.97 Å². The maximum atomic E-state index is 11.9. The lowest BCUT2D eigenvalue weighted by atomic mass is 10.4. The van der Waals surface area contributed by atoms with E-state index < -0.39 is 11.9 Å². The predicted molar refractivity (Wildman–Crippen MR) is 34.4 cm³/mol. The number of rotatable bonds is 0. The fraction of sp³-hybridized carbons (Fsp3) is 0.200. The molecule has 0 aliphatic rings. The molecule has 1 aromatic heterocycles. The summed E-state index contributed by atoms with van der Waals surface area (Å²) in [7, 11) is 0. The van der Waals surface area contributed by atoms with Gasteiger partial charge in [-0.3, -0.25) is 4.98 Å². The summed E-state index contributed by atoms with van der Waals surface area (Å²) in [6.45, 7) is 0. The van der Waals surface area contributed by atoms with Gasteiger partial charge in [-0.25, -0.2) is 0 Å². The predicted octanol–water partition coefficient (Wildman–Crippen LogP) is 2.16. The second-order valence-electron chi connectivity index (χ2n) is 1.81. The third-order valence-electron chi connectivity index (χ3n) is 0.959. The van der Waals surface area contributed by atoms with Crippen LogP contribution in [-0.2, 0) is 6.18 Å². The van der Waals surface area contributed by atoms with Crippen LogP contribution in [0, 0.1) is 4.64 Å². The first-order valence-electron chi connectivity index (χ1n) is 2.61. The van der Waals surface area contributed by atoms with Crippen LogP contribution in [0.3, 0.4) is 0 Å². The van der Waals surface area contributed by atoms with Crippen molar-refractivity contribution in [3.63, 3.8) is 0 Å². The van der Waals surface area contributed by atoms with Crippen LogP contribution in [0.4, 0.5) is 13.2 Å². The van der Waals surface area contributed by atoms with Crippen LogP contribution < -0.4 is 0 Å². The standard InChI is InChI=1S/C5H3F3N2S/c6-5(7,8)3-1-9-2-4(11)10-3/h1-2H,(H,10,11). The van der Waals surface area contributed by atoms with Gasteiger partial charge in [-0.2, -0.15) is 13.2 Å². The molecule has 0 bridgehead atoms. The third kappa shape index (κ3) is 2.01. The van der Waals surface area contributed by atoms with E-state index >= 15 is 0 Å². The van der Waals surface area contributed by atoms with Crippen molar-refractivity contribution in [3.8, 4) is 0 Å². The van der Waals surface area contributed by atoms with Gasteiger partial charge in [0, 0.05) is 0 Å². The summed E-state index contributed by atoms with van der Waals surface area (Å²) in [5.74, 6) is 0. The third-order valence-corrected chi connectivity index (χ3v) is 1.17.